The first-order chi connectivity index (χ1) is 13.3. The van der Waals surface area contributed by atoms with Crippen molar-refractivity contribution >= 4 is 33.4 Å². The van der Waals surface area contributed by atoms with Crippen LogP contribution in [0, 0.1) is 0 Å². The number of amides is 1. The van der Waals surface area contributed by atoms with Crippen LogP contribution in [0.25, 0.3) is 0 Å². The van der Waals surface area contributed by atoms with E-state index in [0.29, 0.717) is 23.3 Å². The van der Waals surface area contributed by atoms with E-state index in [1.54, 1.807) is 18.2 Å². The fourth-order valence-electron chi connectivity index (χ4n) is 3.21. The highest BCUT2D eigenvalue weighted by molar-refractivity contribution is 7.99. The lowest BCUT2D eigenvalue weighted by molar-refractivity contribution is -0.119. The SMILES string of the molecule is COc1ccc(OC)c(N(CC(=O)NCCSC2CCCCC2)S(C)(=O)=O)c1. The van der Waals surface area contributed by atoms with Crippen molar-refractivity contribution < 1.29 is 22.7 Å². The number of nitrogens with one attached hydrogen (secondary N) is 1. The Morgan fingerprint density at radius 3 is 2.54 bits per heavy atom. The summed E-state index contributed by atoms with van der Waals surface area (Å²) >= 11 is 1.89. The molecule has 28 heavy (non-hydrogen) atoms. The van der Waals surface area contributed by atoms with E-state index in [0.717, 1.165) is 16.3 Å². The molecule has 1 aliphatic rings. The monoisotopic (exact) mass is 430 g/mol. The quantitative estimate of drug-likeness (QED) is 0.575. The highest BCUT2D eigenvalue weighted by Gasteiger charge is 2.24. The number of methoxy groups -OCH3 is 2. The molecule has 1 aromatic carbocycles. The van der Waals surface area contributed by atoms with Crippen molar-refractivity contribution in [2.24, 2.45) is 0 Å². The van der Waals surface area contributed by atoms with Crippen molar-refractivity contribution in [2.75, 3.05) is 43.6 Å². The van der Waals surface area contributed by atoms with Gasteiger partial charge in [-0.25, -0.2) is 8.42 Å². The van der Waals surface area contributed by atoms with Gasteiger partial charge >= 0.3 is 0 Å². The van der Waals surface area contributed by atoms with Gasteiger partial charge in [0, 0.05) is 23.6 Å². The molecule has 0 radical (unpaired) electrons. The van der Waals surface area contributed by atoms with Crippen molar-refractivity contribution in [3.63, 3.8) is 0 Å². The number of benzene rings is 1. The summed E-state index contributed by atoms with van der Waals surface area (Å²) in [5.74, 6) is 1.32. The molecule has 1 N–H and O–H groups in total. The second-order valence-electron chi connectivity index (χ2n) is 6.79. The van der Waals surface area contributed by atoms with Crippen molar-refractivity contribution in [1.82, 2.24) is 5.32 Å². The zero-order valence-electron chi connectivity index (χ0n) is 16.8. The molecule has 1 aliphatic carbocycles. The summed E-state index contributed by atoms with van der Waals surface area (Å²) in [7, 11) is -0.741. The number of hydrogen-bond acceptors (Lipinski definition) is 6. The number of hydrogen-bond donors (Lipinski definition) is 1. The summed E-state index contributed by atoms with van der Waals surface area (Å²) < 4.78 is 36.1. The van der Waals surface area contributed by atoms with Crippen molar-refractivity contribution in [3.8, 4) is 11.5 Å². The van der Waals surface area contributed by atoms with E-state index in [9.17, 15) is 13.2 Å². The first-order valence-corrected chi connectivity index (χ1v) is 12.3. The Labute approximate surface area is 172 Å². The first-order valence-electron chi connectivity index (χ1n) is 9.43. The van der Waals surface area contributed by atoms with Crippen LogP contribution in [0.5, 0.6) is 11.5 Å². The molecule has 0 bridgehead atoms. The molecule has 0 saturated heterocycles. The van der Waals surface area contributed by atoms with E-state index in [1.807, 2.05) is 11.8 Å². The molecule has 1 amide bonds. The summed E-state index contributed by atoms with van der Waals surface area (Å²) in [6, 6.07) is 4.84. The number of ether oxygens (including phenoxy) is 2. The molecule has 1 saturated carbocycles. The molecule has 0 aliphatic heterocycles. The Morgan fingerprint density at radius 1 is 1.21 bits per heavy atom. The van der Waals surface area contributed by atoms with Crippen LogP contribution in [-0.2, 0) is 14.8 Å². The Hall–Kier alpha value is -1.61. The van der Waals surface area contributed by atoms with Gasteiger partial charge in [-0.2, -0.15) is 11.8 Å². The summed E-state index contributed by atoms with van der Waals surface area (Å²) in [6.07, 6.45) is 7.46. The van der Waals surface area contributed by atoms with Gasteiger partial charge in [0.1, 0.15) is 18.0 Å². The predicted octanol–water partition coefficient (Wildman–Crippen LogP) is 2.65. The molecule has 0 atom stereocenters. The molecular weight excluding hydrogens is 400 g/mol. The minimum Gasteiger partial charge on any atom is -0.497 e. The molecule has 7 nitrogen and oxygen atoms in total. The summed E-state index contributed by atoms with van der Waals surface area (Å²) in [5.41, 5.74) is 0.274. The average Bonchev–Trinajstić information content (AvgIpc) is 2.69. The smallest absolute Gasteiger partial charge is 0.240 e. The predicted molar refractivity (Wildman–Crippen MR) is 114 cm³/mol. The van der Waals surface area contributed by atoms with Crippen LogP contribution in [0.15, 0.2) is 18.2 Å². The van der Waals surface area contributed by atoms with Gasteiger partial charge in [-0.15, -0.1) is 0 Å². The normalized spacial score (nSPS) is 15.1. The minimum atomic E-state index is -3.69. The third-order valence-electron chi connectivity index (χ3n) is 4.67. The number of carbonyl (C=O) groups excluding carboxylic acids is 1. The van der Waals surface area contributed by atoms with Crippen LogP contribution in [0.1, 0.15) is 32.1 Å². The highest BCUT2D eigenvalue weighted by Crippen LogP contribution is 2.33. The maximum atomic E-state index is 12.4. The fraction of sp³-hybridized carbons (Fsp3) is 0.632. The number of thioether (sulfide) groups is 1. The van der Waals surface area contributed by atoms with Gasteiger partial charge < -0.3 is 14.8 Å². The van der Waals surface area contributed by atoms with Crippen LogP contribution >= 0.6 is 11.8 Å². The van der Waals surface area contributed by atoms with Gasteiger partial charge in [-0.1, -0.05) is 19.3 Å². The number of sulfonamides is 1. The second kappa shape index (κ2) is 10.8. The molecule has 9 heteroatoms. The third kappa shape index (κ3) is 6.77. The molecule has 0 aromatic heterocycles. The Bertz CT molecular complexity index is 749. The molecule has 2 rings (SSSR count). The maximum Gasteiger partial charge on any atom is 0.240 e. The molecule has 0 unspecified atom stereocenters. The first kappa shape index (κ1) is 22.7. The number of anilines is 1. The lowest BCUT2D eigenvalue weighted by atomic mass is 10.0. The van der Waals surface area contributed by atoms with Crippen molar-refractivity contribution in [1.29, 1.82) is 0 Å². The Morgan fingerprint density at radius 2 is 1.93 bits per heavy atom. The van der Waals surface area contributed by atoms with Crippen LogP contribution < -0.4 is 19.1 Å². The molecule has 1 aromatic rings. The van der Waals surface area contributed by atoms with Gasteiger partial charge in [-0.05, 0) is 25.0 Å². The van der Waals surface area contributed by atoms with E-state index in [1.165, 1.54) is 46.3 Å². The fourth-order valence-corrected chi connectivity index (χ4v) is 5.28. The van der Waals surface area contributed by atoms with E-state index in [2.05, 4.69) is 5.32 Å². The summed E-state index contributed by atoms with van der Waals surface area (Å²) in [5, 5.41) is 3.50. The van der Waals surface area contributed by atoms with Gasteiger partial charge in [0.2, 0.25) is 15.9 Å². The zero-order valence-corrected chi connectivity index (χ0v) is 18.4. The number of carbonyl (C=O) groups is 1. The molecular formula is C19H30N2O5S2. The van der Waals surface area contributed by atoms with Gasteiger partial charge in [0.25, 0.3) is 0 Å². The Balaban J connectivity index is 1.97. The zero-order chi connectivity index (χ0) is 20.6. The third-order valence-corrected chi connectivity index (χ3v) is 7.18. The van der Waals surface area contributed by atoms with Crippen LogP contribution in [-0.4, -0.2) is 58.9 Å². The second-order valence-corrected chi connectivity index (χ2v) is 10.1. The highest BCUT2D eigenvalue weighted by atomic mass is 32.2. The number of rotatable bonds is 10. The van der Waals surface area contributed by atoms with Gasteiger partial charge in [-0.3, -0.25) is 9.10 Å². The lowest BCUT2D eigenvalue weighted by Gasteiger charge is -2.24. The molecule has 0 heterocycles. The molecule has 158 valence electrons. The largest absolute Gasteiger partial charge is 0.497 e. The molecule has 1 fully saturated rings. The van der Waals surface area contributed by atoms with E-state index in [-0.39, 0.29) is 18.1 Å². The van der Waals surface area contributed by atoms with E-state index >= 15 is 0 Å². The number of nitrogens with zero attached hydrogens (tertiary/aromatic N) is 1. The average molecular weight is 431 g/mol. The van der Waals surface area contributed by atoms with E-state index in [4.69, 9.17) is 9.47 Å². The van der Waals surface area contributed by atoms with Crippen molar-refractivity contribution in [3.05, 3.63) is 18.2 Å². The van der Waals surface area contributed by atoms with Gasteiger partial charge in [0.15, 0.2) is 0 Å². The van der Waals surface area contributed by atoms with Gasteiger partial charge in [0.05, 0.1) is 26.2 Å². The van der Waals surface area contributed by atoms with Crippen LogP contribution in [0.4, 0.5) is 5.69 Å². The van der Waals surface area contributed by atoms with Crippen LogP contribution in [0.2, 0.25) is 0 Å². The summed E-state index contributed by atoms with van der Waals surface area (Å²) in [4.78, 5) is 12.4. The maximum absolute atomic E-state index is 12.4. The van der Waals surface area contributed by atoms with Crippen LogP contribution in [0.3, 0.4) is 0 Å². The lowest BCUT2D eigenvalue weighted by Crippen LogP contribution is -2.41. The topological polar surface area (TPSA) is 84.9 Å². The summed E-state index contributed by atoms with van der Waals surface area (Å²) in [6.45, 7) is 0.212. The standard InChI is InChI=1S/C19H30N2O5S2/c1-25-15-9-10-18(26-2)17(13-15)21(28(3,23)24)14-19(22)20-11-12-27-16-7-5-4-6-8-16/h9-10,13,16H,4-8,11-12,14H2,1-3H3,(H,20,22). The van der Waals surface area contributed by atoms with Crippen molar-refractivity contribution in [2.45, 2.75) is 37.4 Å². The minimum absolute atomic E-state index is 0.274. The Kier molecular flexibility index (Phi) is 8.75. The molecule has 0 spiro atoms. The van der Waals surface area contributed by atoms with E-state index < -0.39 is 10.0 Å².